The quantitative estimate of drug-likeness (QED) is 0.751. The van der Waals surface area contributed by atoms with Crippen LogP contribution in [0.2, 0.25) is 0 Å². The molecule has 1 aromatic carbocycles. The first kappa shape index (κ1) is 21.9. The normalized spacial score (nSPS) is 26.0. The van der Waals surface area contributed by atoms with Crippen LogP contribution < -0.4 is 10.2 Å². The van der Waals surface area contributed by atoms with Gasteiger partial charge in [0.05, 0.1) is 19.3 Å². The van der Waals surface area contributed by atoms with Crippen molar-refractivity contribution in [3.63, 3.8) is 0 Å². The van der Waals surface area contributed by atoms with Crippen LogP contribution in [0.15, 0.2) is 24.3 Å². The third-order valence-electron chi connectivity index (χ3n) is 6.44. The zero-order valence-electron chi connectivity index (χ0n) is 19.2. The maximum absolute atomic E-state index is 12.7. The van der Waals surface area contributed by atoms with Gasteiger partial charge in [0, 0.05) is 24.6 Å². The molecular formula is C25H34N2O4. The summed E-state index contributed by atoms with van der Waals surface area (Å²) in [5.74, 6) is 0.613. The molecule has 1 fully saturated rings. The van der Waals surface area contributed by atoms with Gasteiger partial charge in [0.15, 0.2) is 0 Å². The van der Waals surface area contributed by atoms with Crippen LogP contribution in [-0.2, 0) is 14.3 Å². The first-order valence-corrected chi connectivity index (χ1v) is 11.4. The summed E-state index contributed by atoms with van der Waals surface area (Å²) in [6.45, 7) is 10.7. The summed E-state index contributed by atoms with van der Waals surface area (Å²) in [4.78, 5) is 27.4. The Morgan fingerprint density at radius 3 is 2.55 bits per heavy atom. The lowest BCUT2D eigenvalue weighted by Crippen LogP contribution is -2.53. The second-order valence-electron chi connectivity index (χ2n) is 10.0. The largest absolute Gasteiger partial charge is 0.444 e. The Morgan fingerprint density at radius 1 is 1.23 bits per heavy atom. The van der Waals surface area contributed by atoms with Crippen molar-refractivity contribution in [1.82, 2.24) is 5.32 Å². The van der Waals surface area contributed by atoms with E-state index in [9.17, 15) is 9.59 Å². The number of anilines is 1. The molecule has 3 atom stereocenters. The molecule has 1 unspecified atom stereocenters. The second-order valence-corrected chi connectivity index (χ2v) is 10.0. The fourth-order valence-electron chi connectivity index (χ4n) is 4.99. The molecule has 2 amide bonds. The molecule has 1 saturated carbocycles. The molecule has 2 heterocycles. The molecule has 4 rings (SSSR count). The van der Waals surface area contributed by atoms with Gasteiger partial charge in [-0.2, -0.15) is 0 Å². The van der Waals surface area contributed by atoms with Gasteiger partial charge in [0.25, 0.3) is 0 Å². The SMILES string of the molecule is CC(=O)N1c2ccc(C3=CCOCC3)cc2C(NC(=O)OC(C)(C)C)[C@@H](C)[C@@H]1C1CC1. The van der Waals surface area contributed by atoms with Crippen LogP contribution in [0.25, 0.3) is 5.57 Å². The smallest absolute Gasteiger partial charge is 0.408 e. The van der Waals surface area contributed by atoms with E-state index < -0.39 is 11.7 Å². The third kappa shape index (κ3) is 4.64. The highest BCUT2D eigenvalue weighted by atomic mass is 16.6. The van der Waals surface area contributed by atoms with Crippen LogP contribution in [0.4, 0.5) is 10.5 Å². The van der Waals surface area contributed by atoms with Crippen LogP contribution in [0.3, 0.4) is 0 Å². The zero-order chi connectivity index (χ0) is 22.3. The lowest BCUT2D eigenvalue weighted by atomic mass is 9.79. The molecule has 0 saturated heterocycles. The van der Waals surface area contributed by atoms with Crippen LogP contribution >= 0.6 is 0 Å². The Hall–Kier alpha value is -2.34. The van der Waals surface area contributed by atoms with Crippen molar-refractivity contribution in [3.8, 4) is 0 Å². The number of nitrogens with zero attached hydrogens (tertiary/aromatic N) is 1. The number of alkyl carbamates (subject to hydrolysis) is 1. The Labute approximate surface area is 185 Å². The molecule has 1 N–H and O–H groups in total. The lowest BCUT2D eigenvalue weighted by molar-refractivity contribution is -0.117. The number of amides is 2. The van der Waals surface area contributed by atoms with E-state index in [-0.39, 0.29) is 23.9 Å². The monoisotopic (exact) mass is 426 g/mol. The number of hydrogen-bond acceptors (Lipinski definition) is 4. The van der Waals surface area contributed by atoms with Gasteiger partial charge >= 0.3 is 6.09 Å². The van der Waals surface area contributed by atoms with Gasteiger partial charge in [-0.15, -0.1) is 0 Å². The van der Waals surface area contributed by atoms with E-state index in [0.717, 1.165) is 36.1 Å². The van der Waals surface area contributed by atoms with E-state index >= 15 is 0 Å². The first-order valence-electron chi connectivity index (χ1n) is 11.4. The fraction of sp³-hybridized carbons (Fsp3) is 0.600. The highest BCUT2D eigenvalue weighted by Gasteiger charge is 2.48. The molecule has 0 aromatic heterocycles. The summed E-state index contributed by atoms with van der Waals surface area (Å²) in [5, 5.41) is 3.14. The molecule has 0 radical (unpaired) electrons. The Balaban J connectivity index is 1.76. The second kappa shape index (κ2) is 8.30. The maximum Gasteiger partial charge on any atom is 0.408 e. The summed E-state index contributed by atoms with van der Waals surface area (Å²) in [7, 11) is 0. The van der Waals surface area contributed by atoms with Gasteiger partial charge in [0.2, 0.25) is 5.91 Å². The van der Waals surface area contributed by atoms with Crippen molar-refractivity contribution in [2.75, 3.05) is 18.1 Å². The number of ether oxygens (including phenoxy) is 2. The van der Waals surface area contributed by atoms with Crippen molar-refractivity contribution in [1.29, 1.82) is 0 Å². The topological polar surface area (TPSA) is 67.9 Å². The van der Waals surface area contributed by atoms with Gasteiger partial charge in [-0.25, -0.2) is 4.79 Å². The molecule has 1 aliphatic carbocycles. The highest BCUT2D eigenvalue weighted by molar-refractivity contribution is 5.94. The number of nitrogens with one attached hydrogen (secondary N) is 1. The minimum atomic E-state index is -0.569. The van der Waals surface area contributed by atoms with Crippen LogP contribution in [0.5, 0.6) is 0 Å². The van der Waals surface area contributed by atoms with Crippen molar-refractivity contribution < 1.29 is 19.1 Å². The Morgan fingerprint density at radius 2 is 1.97 bits per heavy atom. The molecule has 168 valence electrons. The summed E-state index contributed by atoms with van der Waals surface area (Å²) in [6, 6.07) is 6.15. The molecule has 0 spiro atoms. The lowest BCUT2D eigenvalue weighted by Gasteiger charge is -2.45. The molecule has 0 bridgehead atoms. The Kier molecular flexibility index (Phi) is 5.86. The minimum Gasteiger partial charge on any atom is -0.444 e. The molecule has 2 aliphatic heterocycles. The van der Waals surface area contributed by atoms with Gasteiger partial charge in [-0.1, -0.05) is 19.1 Å². The van der Waals surface area contributed by atoms with E-state index in [1.165, 1.54) is 5.57 Å². The first-order chi connectivity index (χ1) is 14.7. The average Bonchev–Trinajstić information content (AvgIpc) is 3.53. The summed E-state index contributed by atoms with van der Waals surface area (Å²) in [5.41, 5.74) is 3.69. The van der Waals surface area contributed by atoms with Crippen LogP contribution in [0.1, 0.15) is 71.0 Å². The number of carbonyl (C=O) groups excluding carboxylic acids is 2. The predicted octanol–water partition coefficient (Wildman–Crippen LogP) is 4.84. The predicted molar refractivity (Wildman–Crippen MR) is 121 cm³/mol. The summed E-state index contributed by atoms with van der Waals surface area (Å²) in [6.07, 6.45) is 4.80. The minimum absolute atomic E-state index is 0.0544. The van der Waals surface area contributed by atoms with Crippen molar-refractivity contribution in [3.05, 3.63) is 35.4 Å². The molecule has 1 aromatic rings. The summed E-state index contributed by atoms with van der Waals surface area (Å²) < 4.78 is 11.0. The van der Waals surface area contributed by atoms with Crippen molar-refractivity contribution in [2.24, 2.45) is 11.8 Å². The van der Waals surface area contributed by atoms with E-state index in [0.29, 0.717) is 19.1 Å². The van der Waals surface area contributed by atoms with Crippen molar-refractivity contribution >= 4 is 23.3 Å². The number of hydrogen-bond donors (Lipinski definition) is 1. The van der Waals surface area contributed by atoms with E-state index in [4.69, 9.17) is 9.47 Å². The highest BCUT2D eigenvalue weighted by Crippen LogP contribution is 2.49. The number of benzene rings is 1. The standard InChI is InChI=1S/C25H34N2O4/c1-15-22(26-24(29)31-25(3,4)5)20-14-19(17-10-12-30-13-11-17)8-9-21(20)27(16(2)28)23(15)18-6-7-18/h8-10,14-15,18,22-23H,6-7,11-13H2,1-5H3,(H,26,29)/t15-,22?,23-/m1/s1. The van der Waals surface area contributed by atoms with Gasteiger partial charge in [-0.05, 0) is 74.8 Å². The molecule has 6 heteroatoms. The van der Waals surface area contributed by atoms with Crippen LogP contribution in [0, 0.1) is 11.8 Å². The molecule has 31 heavy (non-hydrogen) atoms. The zero-order valence-corrected chi connectivity index (χ0v) is 19.2. The van der Waals surface area contributed by atoms with Gasteiger partial charge in [-0.3, -0.25) is 4.79 Å². The van der Waals surface area contributed by atoms with E-state index in [2.05, 4.69) is 30.4 Å². The fourth-order valence-corrected chi connectivity index (χ4v) is 4.99. The van der Waals surface area contributed by atoms with Gasteiger partial charge < -0.3 is 19.7 Å². The Bertz CT molecular complexity index is 897. The maximum atomic E-state index is 12.7. The van der Waals surface area contributed by atoms with Crippen LogP contribution in [-0.4, -0.2) is 36.9 Å². The average molecular weight is 427 g/mol. The van der Waals surface area contributed by atoms with E-state index in [1.807, 2.05) is 31.7 Å². The van der Waals surface area contributed by atoms with Crippen molar-refractivity contribution in [2.45, 2.75) is 71.6 Å². The molecular weight excluding hydrogens is 392 g/mol. The number of fused-ring (bicyclic) bond motifs is 1. The van der Waals surface area contributed by atoms with E-state index in [1.54, 1.807) is 6.92 Å². The third-order valence-corrected chi connectivity index (χ3v) is 6.44. The number of rotatable bonds is 3. The van der Waals surface area contributed by atoms with Gasteiger partial charge in [0.1, 0.15) is 5.60 Å². The summed E-state index contributed by atoms with van der Waals surface area (Å²) >= 11 is 0. The molecule has 3 aliphatic rings. The number of carbonyl (C=O) groups is 2. The molecule has 6 nitrogen and oxygen atoms in total.